The van der Waals surface area contributed by atoms with E-state index in [1.165, 1.54) is 0 Å². The average Bonchev–Trinajstić information content (AvgIpc) is 2.56. The molecule has 0 saturated carbocycles. The van der Waals surface area contributed by atoms with Gasteiger partial charge < -0.3 is 19.1 Å². The molecule has 0 bridgehead atoms. The molecule has 1 aromatic rings. The lowest BCUT2D eigenvalue weighted by atomic mass is 10.1. The van der Waals surface area contributed by atoms with E-state index < -0.39 is 0 Å². The number of carbonyl (C=O) groups is 1. The lowest BCUT2D eigenvalue weighted by Crippen LogP contribution is -2.40. The lowest BCUT2D eigenvalue weighted by Gasteiger charge is -2.31. The van der Waals surface area contributed by atoms with Gasteiger partial charge in [-0.1, -0.05) is 0 Å². The van der Waals surface area contributed by atoms with E-state index >= 15 is 0 Å². The maximum absolute atomic E-state index is 12.6. The zero-order valence-electron chi connectivity index (χ0n) is 13.6. The zero-order chi connectivity index (χ0) is 15.9. The second-order valence-electron chi connectivity index (χ2n) is 5.25. The highest BCUT2D eigenvalue weighted by atomic mass is 16.5. The van der Waals surface area contributed by atoms with Crippen molar-refractivity contribution in [1.82, 2.24) is 4.90 Å². The summed E-state index contributed by atoms with van der Waals surface area (Å²) in [6, 6.07) is 5.39. The van der Waals surface area contributed by atoms with Crippen LogP contribution in [0, 0.1) is 0 Å². The van der Waals surface area contributed by atoms with Crippen LogP contribution in [0.25, 0.3) is 0 Å². The van der Waals surface area contributed by atoms with Gasteiger partial charge in [0.05, 0.1) is 19.3 Å². The number of likely N-dealkylation sites (tertiary alicyclic amines) is 1. The van der Waals surface area contributed by atoms with E-state index in [2.05, 4.69) is 0 Å². The Morgan fingerprint density at radius 3 is 2.36 bits per heavy atom. The second kappa shape index (κ2) is 8.03. The van der Waals surface area contributed by atoms with Crippen LogP contribution in [-0.4, -0.2) is 50.3 Å². The highest BCUT2D eigenvalue weighted by Crippen LogP contribution is 2.29. The molecule has 0 aliphatic carbocycles. The van der Waals surface area contributed by atoms with Crippen LogP contribution in [0.2, 0.25) is 0 Å². The minimum Gasteiger partial charge on any atom is -0.490 e. The standard InChI is InChI=1S/C17H25NO4/c1-4-21-15-7-6-13(12-16(15)22-5-2)17(19)18-10-8-14(20-3)9-11-18/h6-7,12,14H,4-5,8-11H2,1-3H3. The Balaban J connectivity index is 2.11. The summed E-state index contributed by atoms with van der Waals surface area (Å²) in [4.78, 5) is 14.5. The van der Waals surface area contributed by atoms with Crippen molar-refractivity contribution in [2.24, 2.45) is 0 Å². The van der Waals surface area contributed by atoms with E-state index in [1.54, 1.807) is 19.2 Å². The summed E-state index contributed by atoms with van der Waals surface area (Å²) < 4.78 is 16.5. The summed E-state index contributed by atoms with van der Waals surface area (Å²) in [5.41, 5.74) is 0.641. The van der Waals surface area contributed by atoms with Crippen LogP contribution >= 0.6 is 0 Å². The lowest BCUT2D eigenvalue weighted by molar-refractivity contribution is 0.0350. The van der Waals surface area contributed by atoms with Crippen LogP contribution in [-0.2, 0) is 4.74 Å². The van der Waals surface area contributed by atoms with Crippen molar-refractivity contribution < 1.29 is 19.0 Å². The number of benzene rings is 1. The second-order valence-corrected chi connectivity index (χ2v) is 5.25. The monoisotopic (exact) mass is 307 g/mol. The number of ether oxygens (including phenoxy) is 3. The third-order valence-corrected chi connectivity index (χ3v) is 3.85. The fourth-order valence-corrected chi connectivity index (χ4v) is 2.66. The molecule has 0 aromatic heterocycles. The van der Waals surface area contributed by atoms with Gasteiger partial charge in [-0.2, -0.15) is 0 Å². The number of piperidine rings is 1. The number of nitrogens with zero attached hydrogens (tertiary/aromatic N) is 1. The molecule has 1 fully saturated rings. The van der Waals surface area contributed by atoms with Gasteiger partial charge in [-0.05, 0) is 44.9 Å². The Morgan fingerprint density at radius 1 is 1.14 bits per heavy atom. The van der Waals surface area contributed by atoms with Crippen LogP contribution in [0.3, 0.4) is 0 Å². The van der Waals surface area contributed by atoms with E-state index in [4.69, 9.17) is 14.2 Å². The Bertz CT molecular complexity index is 495. The number of amides is 1. The average molecular weight is 307 g/mol. The molecule has 0 atom stereocenters. The summed E-state index contributed by atoms with van der Waals surface area (Å²) >= 11 is 0. The van der Waals surface area contributed by atoms with Crippen molar-refractivity contribution >= 4 is 5.91 Å². The Labute approximate surface area is 132 Å². The summed E-state index contributed by atoms with van der Waals surface area (Å²) in [5, 5.41) is 0. The topological polar surface area (TPSA) is 48.0 Å². The van der Waals surface area contributed by atoms with Gasteiger partial charge >= 0.3 is 0 Å². The first-order valence-electron chi connectivity index (χ1n) is 7.91. The molecular weight excluding hydrogens is 282 g/mol. The molecule has 1 saturated heterocycles. The molecule has 0 unspecified atom stereocenters. The quantitative estimate of drug-likeness (QED) is 0.811. The van der Waals surface area contributed by atoms with Gasteiger partial charge in [0.1, 0.15) is 0 Å². The molecule has 5 nitrogen and oxygen atoms in total. The molecule has 0 spiro atoms. The van der Waals surface area contributed by atoms with Crippen molar-refractivity contribution in [2.45, 2.75) is 32.8 Å². The van der Waals surface area contributed by atoms with E-state index in [-0.39, 0.29) is 12.0 Å². The molecule has 22 heavy (non-hydrogen) atoms. The van der Waals surface area contributed by atoms with Crippen molar-refractivity contribution in [2.75, 3.05) is 33.4 Å². The maximum Gasteiger partial charge on any atom is 0.253 e. The SMILES string of the molecule is CCOc1ccc(C(=O)N2CCC(OC)CC2)cc1OCC. The fraction of sp³-hybridized carbons (Fsp3) is 0.588. The van der Waals surface area contributed by atoms with E-state index in [0.29, 0.717) is 30.3 Å². The normalized spacial score (nSPS) is 15.7. The van der Waals surface area contributed by atoms with E-state index in [0.717, 1.165) is 25.9 Å². The first-order chi connectivity index (χ1) is 10.7. The molecular formula is C17H25NO4. The molecule has 0 N–H and O–H groups in total. The smallest absolute Gasteiger partial charge is 0.253 e. The summed E-state index contributed by atoms with van der Waals surface area (Å²) in [6.07, 6.45) is 2.04. The number of hydrogen-bond donors (Lipinski definition) is 0. The van der Waals surface area contributed by atoms with Crippen LogP contribution in [0.4, 0.5) is 0 Å². The van der Waals surface area contributed by atoms with Crippen LogP contribution in [0.15, 0.2) is 18.2 Å². The fourth-order valence-electron chi connectivity index (χ4n) is 2.66. The minimum absolute atomic E-state index is 0.0403. The molecule has 1 aliphatic rings. The van der Waals surface area contributed by atoms with Crippen LogP contribution < -0.4 is 9.47 Å². The van der Waals surface area contributed by atoms with Gasteiger partial charge in [0.25, 0.3) is 5.91 Å². The summed E-state index contributed by atoms with van der Waals surface area (Å²) in [6.45, 7) is 6.41. The molecule has 122 valence electrons. The first kappa shape index (κ1) is 16.6. The van der Waals surface area contributed by atoms with Gasteiger partial charge in [-0.3, -0.25) is 4.79 Å². The molecule has 2 rings (SSSR count). The number of methoxy groups -OCH3 is 1. The molecule has 1 aromatic carbocycles. The highest BCUT2D eigenvalue weighted by molar-refractivity contribution is 5.95. The van der Waals surface area contributed by atoms with Gasteiger partial charge in [0.15, 0.2) is 11.5 Å². The third-order valence-electron chi connectivity index (χ3n) is 3.85. The Hall–Kier alpha value is -1.75. The summed E-state index contributed by atoms with van der Waals surface area (Å²) in [7, 11) is 1.73. The molecule has 1 heterocycles. The Kier molecular flexibility index (Phi) is 6.07. The third kappa shape index (κ3) is 3.91. The number of carbonyl (C=O) groups excluding carboxylic acids is 1. The maximum atomic E-state index is 12.6. The van der Waals surface area contributed by atoms with Crippen molar-refractivity contribution in [3.8, 4) is 11.5 Å². The first-order valence-corrected chi connectivity index (χ1v) is 7.91. The van der Waals surface area contributed by atoms with Gasteiger partial charge in [0.2, 0.25) is 0 Å². The Morgan fingerprint density at radius 2 is 1.77 bits per heavy atom. The molecule has 1 aliphatic heterocycles. The minimum atomic E-state index is 0.0403. The molecule has 5 heteroatoms. The van der Waals surface area contributed by atoms with Crippen LogP contribution in [0.5, 0.6) is 11.5 Å². The predicted octanol–water partition coefficient (Wildman–Crippen LogP) is 2.74. The van der Waals surface area contributed by atoms with Gasteiger partial charge in [-0.25, -0.2) is 0 Å². The zero-order valence-corrected chi connectivity index (χ0v) is 13.6. The number of hydrogen-bond acceptors (Lipinski definition) is 4. The van der Waals surface area contributed by atoms with Crippen LogP contribution in [0.1, 0.15) is 37.0 Å². The largest absolute Gasteiger partial charge is 0.490 e. The number of rotatable bonds is 6. The van der Waals surface area contributed by atoms with E-state index in [1.807, 2.05) is 24.8 Å². The molecule has 1 amide bonds. The highest BCUT2D eigenvalue weighted by Gasteiger charge is 2.24. The predicted molar refractivity (Wildman–Crippen MR) is 84.7 cm³/mol. The van der Waals surface area contributed by atoms with E-state index in [9.17, 15) is 4.79 Å². The summed E-state index contributed by atoms with van der Waals surface area (Å²) in [5.74, 6) is 1.35. The van der Waals surface area contributed by atoms with Gasteiger partial charge in [-0.15, -0.1) is 0 Å². The van der Waals surface area contributed by atoms with Crippen molar-refractivity contribution in [3.05, 3.63) is 23.8 Å². The molecule has 0 radical (unpaired) electrons. The van der Waals surface area contributed by atoms with Gasteiger partial charge in [0, 0.05) is 25.8 Å². The van der Waals surface area contributed by atoms with Crippen molar-refractivity contribution in [1.29, 1.82) is 0 Å². The van der Waals surface area contributed by atoms with Crippen molar-refractivity contribution in [3.63, 3.8) is 0 Å².